The van der Waals surface area contributed by atoms with E-state index in [4.69, 9.17) is 0 Å². The van der Waals surface area contributed by atoms with Crippen molar-refractivity contribution in [2.24, 2.45) is 5.10 Å². The number of hydrogen-bond acceptors (Lipinski definition) is 5. The van der Waals surface area contributed by atoms with Crippen molar-refractivity contribution in [2.75, 3.05) is 5.43 Å². The maximum absolute atomic E-state index is 10.9. The fourth-order valence-electron chi connectivity index (χ4n) is 1.18. The van der Waals surface area contributed by atoms with Gasteiger partial charge in [0.05, 0.1) is 6.21 Å². The van der Waals surface area contributed by atoms with E-state index in [0.717, 1.165) is 11.8 Å². The average Bonchev–Trinajstić information content (AvgIpc) is 2.32. The molecule has 0 aliphatic rings. The molecule has 0 saturated heterocycles. The van der Waals surface area contributed by atoms with Crippen LogP contribution in [0.1, 0.15) is 11.1 Å². The number of H-pyrrole nitrogens is 1. The summed E-state index contributed by atoms with van der Waals surface area (Å²) in [6.45, 7) is 2.02. The van der Waals surface area contributed by atoms with Gasteiger partial charge in [0.25, 0.3) is 5.56 Å². The molecular weight excluding hydrogens is 218 g/mol. The lowest BCUT2D eigenvalue weighted by molar-refractivity contribution is 0.939. The van der Waals surface area contributed by atoms with Gasteiger partial charge in [-0.1, -0.05) is 29.8 Å². The van der Waals surface area contributed by atoms with E-state index >= 15 is 0 Å². The molecular formula is C11H11N5O. The number of aromatic amines is 1. The molecule has 0 radical (unpaired) electrons. The van der Waals surface area contributed by atoms with Crippen LogP contribution in [0.2, 0.25) is 0 Å². The summed E-state index contributed by atoms with van der Waals surface area (Å²) in [5.41, 5.74) is 4.40. The molecule has 1 aromatic carbocycles. The normalized spacial score (nSPS) is 10.6. The average molecular weight is 229 g/mol. The molecule has 6 nitrogen and oxygen atoms in total. The first-order chi connectivity index (χ1) is 8.24. The number of anilines is 1. The molecule has 17 heavy (non-hydrogen) atoms. The van der Waals surface area contributed by atoms with Crippen molar-refractivity contribution >= 4 is 12.2 Å². The third-order valence-corrected chi connectivity index (χ3v) is 2.04. The Hall–Kier alpha value is -2.50. The van der Waals surface area contributed by atoms with E-state index in [-0.39, 0.29) is 11.5 Å². The van der Waals surface area contributed by atoms with E-state index in [1.165, 1.54) is 5.56 Å². The summed E-state index contributed by atoms with van der Waals surface area (Å²) in [5.74, 6) is 0.209. The van der Waals surface area contributed by atoms with E-state index in [9.17, 15) is 4.79 Å². The number of hydrazone groups is 1. The van der Waals surface area contributed by atoms with Crippen molar-refractivity contribution in [3.05, 3.63) is 51.9 Å². The Bertz CT molecular complexity index is 573. The molecule has 0 bridgehead atoms. The van der Waals surface area contributed by atoms with E-state index in [1.54, 1.807) is 6.21 Å². The molecule has 2 N–H and O–H groups in total. The Balaban J connectivity index is 2.02. The van der Waals surface area contributed by atoms with Gasteiger partial charge in [0.15, 0.2) is 0 Å². The maximum atomic E-state index is 10.9. The van der Waals surface area contributed by atoms with E-state index < -0.39 is 0 Å². The van der Waals surface area contributed by atoms with Gasteiger partial charge in [-0.15, -0.1) is 10.2 Å². The van der Waals surface area contributed by atoms with Gasteiger partial charge >= 0.3 is 0 Å². The van der Waals surface area contributed by atoms with Gasteiger partial charge in [-0.3, -0.25) is 9.78 Å². The third-order valence-electron chi connectivity index (χ3n) is 2.04. The minimum Gasteiger partial charge on any atom is -0.289 e. The summed E-state index contributed by atoms with van der Waals surface area (Å²) in [6.07, 6.45) is 2.72. The standard InChI is InChI=1S/C11H11N5O/c1-8-2-4-9(5-3-8)6-12-15-11-14-10(17)7-13-16-11/h2-7H,1H3,(H2,14,15,16,17)/b12-6+. The minimum atomic E-state index is -0.326. The van der Waals surface area contributed by atoms with Gasteiger partial charge in [0.2, 0.25) is 5.95 Å². The SMILES string of the molecule is Cc1ccc(/C=N/Nc2nncc(=O)[nH]2)cc1. The fourth-order valence-corrected chi connectivity index (χ4v) is 1.18. The Labute approximate surface area is 97.4 Å². The summed E-state index contributed by atoms with van der Waals surface area (Å²) in [5, 5.41) is 11.1. The molecule has 0 fully saturated rings. The summed E-state index contributed by atoms with van der Waals surface area (Å²) in [4.78, 5) is 13.4. The highest BCUT2D eigenvalue weighted by Crippen LogP contribution is 2.00. The lowest BCUT2D eigenvalue weighted by atomic mass is 10.2. The monoisotopic (exact) mass is 229 g/mol. The van der Waals surface area contributed by atoms with Crippen LogP contribution < -0.4 is 11.0 Å². The van der Waals surface area contributed by atoms with Gasteiger partial charge < -0.3 is 0 Å². The second kappa shape index (κ2) is 5.02. The van der Waals surface area contributed by atoms with Crippen molar-refractivity contribution in [1.29, 1.82) is 0 Å². The van der Waals surface area contributed by atoms with Crippen molar-refractivity contribution in [1.82, 2.24) is 15.2 Å². The molecule has 0 amide bonds. The first kappa shape index (κ1) is 11.0. The molecule has 0 aliphatic heterocycles. The molecule has 1 heterocycles. The summed E-state index contributed by atoms with van der Waals surface area (Å²) in [6, 6.07) is 7.87. The Morgan fingerprint density at radius 1 is 1.35 bits per heavy atom. The number of aryl methyl sites for hydroxylation is 1. The molecule has 0 atom stereocenters. The largest absolute Gasteiger partial charge is 0.289 e. The lowest BCUT2D eigenvalue weighted by Gasteiger charge is -1.97. The number of nitrogens with one attached hydrogen (secondary N) is 2. The van der Waals surface area contributed by atoms with Crippen LogP contribution in [0.15, 0.2) is 40.4 Å². The van der Waals surface area contributed by atoms with Crippen LogP contribution in [0, 0.1) is 6.92 Å². The number of aromatic nitrogens is 3. The highest BCUT2D eigenvalue weighted by atomic mass is 16.1. The molecule has 86 valence electrons. The molecule has 6 heteroatoms. The van der Waals surface area contributed by atoms with Gasteiger partial charge in [-0.05, 0) is 12.5 Å². The van der Waals surface area contributed by atoms with Crippen molar-refractivity contribution in [3.63, 3.8) is 0 Å². The second-order valence-electron chi connectivity index (χ2n) is 3.46. The van der Waals surface area contributed by atoms with E-state index in [2.05, 4.69) is 25.7 Å². The van der Waals surface area contributed by atoms with Crippen LogP contribution in [0.3, 0.4) is 0 Å². The Morgan fingerprint density at radius 3 is 2.82 bits per heavy atom. The first-order valence-corrected chi connectivity index (χ1v) is 5.02. The van der Waals surface area contributed by atoms with Crippen molar-refractivity contribution < 1.29 is 0 Å². The van der Waals surface area contributed by atoms with E-state index in [1.807, 2.05) is 31.2 Å². The predicted molar refractivity (Wildman–Crippen MR) is 65.0 cm³/mol. The van der Waals surface area contributed by atoms with Crippen molar-refractivity contribution in [2.45, 2.75) is 6.92 Å². The third kappa shape index (κ3) is 3.23. The number of benzene rings is 1. The van der Waals surface area contributed by atoms with Crippen LogP contribution in [0.5, 0.6) is 0 Å². The van der Waals surface area contributed by atoms with E-state index in [0.29, 0.717) is 0 Å². The quantitative estimate of drug-likeness (QED) is 0.605. The topological polar surface area (TPSA) is 83.0 Å². The maximum Gasteiger partial charge on any atom is 0.271 e. The highest BCUT2D eigenvalue weighted by Gasteiger charge is 1.92. The van der Waals surface area contributed by atoms with Gasteiger partial charge in [-0.2, -0.15) is 5.10 Å². The zero-order valence-electron chi connectivity index (χ0n) is 9.21. The fraction of sp³-hybridized carbons (Fsp3) is 0.0909. The van der Waals surface area contributed by atoms with Crippen molar-refractivity contribution in [3.8, 4) is 0 Å². The molecule has 0 spiro atoms. The number of nitrogens with zero attached hydrogens (tertiary/aromatic N) is 3. The molecule has 0 saturated carbocycles. The van der Waals surface area contributed by atoms with Gasteiger partial charge in [0, 0.05) is 0 Å². The van der Waals surface area contributed by atoms with Gasteiger partial charge in [-0.25, -0.2) is 5.43 Å². The zero-order valence-corrected chi connectivity index (χ0v) is 9.21. The Kier molecular flexibility index (Phi) is 3.25. The lowest BCUT2D eigenvalue weighted by Crippen LogP contribution is -2.10. The number of rotatable bonds is 3. The summed E-state index contributed by atoms with van der Waals surface area (Å²) >= 11 is 0. The predicted octanol–water partition coefficient (Wildman–Crippen LogP) is 0.919. The highest BCUT2D eigenvalue weighted by molar-refractivity contribution is 5.79. The van der Waals surface area contributed by atoms with Gasteiger partial charge in [0.1, 0.15) is 6.20 Å². The van der Waals surface area contributed by atoms with Crippen LogP contribution >= 0.6 is 0 Å². The summed E-state index contributed by atoms with van der Waals surface area (Å²) in [7, 11) is 0. The smallest absolute Gasteiger partial charge is 0.271 e. The number of hydrogen-bond donors (Lipinski definition) is 2. The minimum absolute atomic E-state index is 0.209. The van der Waals surface area contributed by atoms with Crippen LogP contribution in [-0.2, 0) is 0 Å². The molecule has 2 aromatic rings. The molecule has 2 rings (SSSR count). The van der Waals surface area contributed by atoms with Crippen LogP contribution in [0.4, 0.5) is 5.95 Å². The van der Waals surface area contributed by atoms with Crippen LogP contribution in [-0.4, -0.2) is 21.4 Å². The first-order valence-electron chi connectivity index (χ1n) is 5.02. The molecule has 0 aliphatic carbocycles. The Morgan fingerprint density at radius 2 is 2.12 bits per heavy atom. The summed E-state index contributed by atoms with van der Waals surface area (Å²) < 4.78 is 0. The molecule has 1 aromatic heterocycles. The molecule has 0 unspecified atom stereocenters. The zero-order chi connectivity index (χ0) is 12.1. The van der Waals surface area contributed by atoms with Crippen LogP contribution in [0.25, 0.3) is 0 Å². The second-order valence-corrected chi connectivity index (χ2v) is 3.46.